The first-order valence-electron chi connectivity index (χ1n) is 7.68. The highest BCUT2D eigenvalue weighted by atomic mass is 79.9. The Morgan fingerprint density at radius 2 is 1.78 bits per heavy atom. The number of para-hydroxylation sites is 1. The molecule has 0 fully saturated rings. The number of esters is 1. The number of halogens is 1. The second kappa shape index (κ2) is 6.00. The van der Waals surface area contributed by atoms with Crippen LogP contribution in [0.4, 0.5) is 5.69 Å². The molecule has 2 aromatic rings. The molecule has 0 bridgehead atoms. The number of nitrogens with one attached hydrogen (secondary N) is 1. The van der Waals surface area contributed by atoms with Crippen molar-refractivity contribution in [1.29, 1.82) is 0 Å². The van der Waals surface area contributed by atoms with Crippen molar-refractivity contribution >= 4 is 27.6 Å². The summed E-state index contributed by atoms with van der Waals surface area (Å²) < 4.78 is 6.77. The quantitative estimate of drug-likeness (QED) is 0.730. The number of anilines is 1. The highest BCUT2D eigenvalue weighted by Crippen LogP contribution is 2.53. The molecule has 0 aliphatic carbocycles. The molecule has 23 heavy (non-hydrogen) atoms. The van der Waals surface area contributed by atoms with Crippen LogP contribution in [0.3, 0.4) is 0 Å². The average Bonchev–Trinajstić information content (AvgIpc) is 2.51. The zero-order valence-corrected chi connectivity index (χ0v) is 15.1. The summed E-state index contributed by atoms with van der Waals surface area (Å²) in [6.07, 6.45) is -0.286. The molecule has 0 saturated heterocycles. The van der Waals surface area contributed by atoms with Gasteiger partial charge >= 0.3 is 5.97 Å². The molecule has 2 atom stereocenters. The molecule has 2 aromatic carbocycles. The monoisotopic (exact) mass is 373 g/mol. The Balaban J connectivity index is 2.09. The third-order valence-electron chi connectivity index (χ3n) is 4.45. The number of carbonyl (C=O) groups is 1. The second-order valence-corrected chi connectivity index (χ2v) is 7.44. The molecule has 0 amide bonds. The van der Waals surface area contributed by atoms with Crippen molar-refractivity contribution in [2.24, 2.45) is 5.41 Å². The van der Waals surface area contributed by atoms with E-state index in [-0.39, 0.29) is 23.5 Å². The lowest BCUT2D eigenvalue weighted by Gasteiger charge is -2.46. The van der Waals surface area contributed by atoms with Gasteiger partial charge in [0, 0.05) is 28.1 Å². The number of ether oxygens (including phenoxy) is 1. The molecule has 0 aromatic heterocycles. The third kappa shape index (κ3) is 3.00. The predicted molar refractivity (Wildman–Crippen MR) is 95.2 cm³/mol. The first-order chi connectivity index (χ1) is 10.9. The van der Waals surface area contributed by atoms with Gasteiger partial charge in [0.2, 0.25) is 0 Å². The van der Waals surface area contributed by atoms with Gasteiger partial charge in [-0.2, -0.15) is 0 Å². The fourth-order valence-electron chi connectivity index (χ4n) is 3.30. The Hall–Kier alpha value is -1.81. The maximum absolute atomic E-state index is 11.6. The van der Waals surface area contributed by atoms with Crippen molar-refractivity contribution in [3.05, 3.63) is 64.1 Å². The van der Waals surface area contributed by atoms with Crippen LogP contribution < -0.4 is 5.32 Å². The molecule has 2 unspecified atom stereocenters. The summed E-state index contributed by atoms with van der Waals surface area (Å²) in [5.41, 5.74) is 2.94. The first kappa shape index (κ1) is 16.1. The molecule has 1 N–H and O–H groups in total. The third-order valence-corrected chi connectivity index (χ3v) is 4.98. The Kier molecular flexibility index (Phi) is 4.19. The van der Waals surface area contributed by atoms with E-state index in [2.05, 4.69) is 47.2 Å². The van der Waals surface area contributed by atoms with Gasteiger partial charge in [-0.25, -0.2) is 0 Å². The molecule has 1 aliphatic heterocycles. The van der Waals surface area contributed by atoms with E-state index in [1.165, 1.54) is 12.5 Å². The van der Waals surface area contributed by atoms with Crippen LogP contribution in [-0.4, -0.2) is 5.97 Å². The number of benzene rings is 2. The van der Waals surface area contributed by atoms with E-state index in [1.54, 1.807) is 0 Å². The van der Waals surface area contributed by atoms with E-state index in [4.69, 9.17) is 4.74 Å². The van der Waals surface area contributed by atoms with Crippen LogP contribution in [0.15, 0.2) is 53.0 Å². The van der Waals surface area contributed by atoms with Gasteiger partial charge in [-0.3, -0.25) is 4.79 Å². The molecular formula is C19H20BrNO2. The maximum Gasteiger partial charge on any atom is 0.303 e. The molecule has 4 heteroatoms. The van der Waals surface area contributed by atoms with Crippen molar-refractivity contribution < 1.29 is 9.53 Å². The summed E-state index contributed by atoms with van der Waals surface area (Å²) in [5, 5.41) is 3.62. The summed E-state index contributed by atoms with van der Waals surface area (Å²) in [6, 6.07) is 16.4. The van der Waals surface area contributed by atoms with Gasteiger partial charge in [0.05, 0.1) is 6.04 Å². The van der Waals surface area contributed by atoms with Gasteiger partial charge < -0.3 is 10.1 Å². The van der Waals surface area contributed by atoms with Gasteiger partial charge in [0.1, 0.15) is 6.10 Å². The molecule has 3 rings (SSSR count). The van der Waals surface area contributed by atoms with E-state index >= 15 is 0 Å². The Morgan fingerprint density at radius 1 is 1.13 bits per heavy atom. The summed E-state index contributed by atoms with van der Waals surface area (Å²) in [6.45, 7) is 5.74. The average molecular weight is 374 g/mol. The van der Waals surface area contributed by atoms with E-state index in [9.17, 15) is 4.79 Å². The largest absolute Gasteiger partial charge is 0.457 e. The number of hydrogen-bond acceptors (Lipinski definition) is 3. The van der Waals surface area contributed by atoms with Gasteiger partial charge in [0.15, 0.2) is 0 Å². The van der Waals surface area contributed by atoms with Crippen molar-refractivity contribution in [2.45, 2.75) is 32.9 Å². The number of fused-ring (bicyclic) bond motifs is 1. The minimum absolute atomic E-state index is 0.0508. The summed E-state index contributed by atoms with van der Waals surface area (Å²) in [4.78, 5) is 11.6. The smallest absolute Gasteiger partial charge is 0.303 e. The highest BCUT2D eigenvalue weighted by molar-refractivity contribution is 9.10. The van der Waals surface area contributed by atoms with Crippen molar-refractivity contribution in [2.75, 3.05) is 5.32 Å². The minimum atomic E-state index is -0.286. The summed E-state index contributed by atoms with van der Waals surface area (Å²) in [7, 11) is 0. The van der Waals surface area contributed by atoms with Crippen molar-refractivity contribution in [3.63, 3.8) is 0 Å². The molecule has 0 spiro atoms. The molecule has 120 valence electrons. The van der Waals surface area contributed by atoms with Crippen molar-refractivity contribution in [1.82, 2.24) is 0 Å². The molecule has 1 heterocycles. The molecular weight excluding hydrogens is 354 g/mol. The molecule has 3 nitrogen and oxygen atoms in total. The van der Waals surface area contributed by atoms with Gasteiger partial charge in [0.25, 0.3) is 0 Å². The number of rotatable bonds is 2. The number of hydrogen-bond donors (Lipinski definition) is 1. The van der Waals surface area contributed by atoms with E-state index in [0.29, 0.717) is 0 Å². The van der Waals surface area contributed by atoms with Crippen LogP contribution in [0, 0.1) is 5.41 Å². The van der Waals surface area contributed by atoms with E-state index in [1.807, 2.05) is 36.4 Å². The lowest BCUT2D eigenvalue weighted by molar-refractivity contribution is -0.154. The lowest BCUT2D eigenvalue weighted by Crippen LogP contribution is -2.40. The van der Waals surface area contributed by atoms with Crippen molar-refractivity contribution in [3.8, 4) is 0 Å². The Labute approximate surface area is 145 Å². The van der Waals surface area contributed by atoms with Gasteiger partial charge in [-0.05, 0) is 23.8 Å². The topological polar surface area (TPSA) is 38.3 Å². The van der Waals surface area contributed by atoms with Crippen LogP contribution in [0.25, 0.3) is 0 Å². The molecule has 0 saturated carbocycles. The standard InChI is InChI=1S/C19H20BrNO2/c1-12(22)23-18-15-6-4-5-7-16(15)21-17(19(18,2)3)13-8-10-14(20)11-9-13/h4-11,17-18,21H,1-3H3. The fourth-order valence-corrected chi connectivity index (χ4v) is 3.56. The van der Waals surface area contributed by atoms with E-state index in [0.717, 1.165) is 15.7 Å². The normalized spacial score (nSPS) is 21.9. The highest BCUT2D eigenvalue weighted by Gasteiger charge is 2.45. The van der Waals surface area contributed by atoms with Crippen LogP contribution >= 0.6 is 15.9 Å². The van der Waals surface area contributed by atoms with Gasteiger partial charge in [-0.1, -0.05) is 60.1 Å². The molecule has 0 radical (unpaired) electrons. The zero-order valence-electron chi connectivity index (χ0n) is 13.5. The van der Waals surface area contributed by atoms with Crippen LogP contribution in [-0.2, 0) is 9.53 Å². The minimum Gasteiger partial charge on any atom is -0.457 e. The zero-order chi connectivity index (χ0) is 16.6. The van der Waals surface area contributed by atoms with Crippen LogP contribution in [0.2, 0.25) is 0 Å². The lowest BCUT2D eigenvalue weighted by atomic mass is 9.70. The first-order valence-corrected chi connectivity index (χ1v) is 8.47. The Bertz CT molecular complexity index is 724. The van der Waals surface area contributed by atoms with E-state index < -0.39 is 0 Å². The van der Waals surface area contributed by atoms with Crippen LogP contribution in [0.1, 0.15) is 44.0 Å². The summed E-state index contributed by atoms with van der Waals surface area (Å²) in [5.74, 6) is -0.255. The van der Waals surface area contributed by atoms with Gasteiger partial charge in [-0.15, -0.1) is 0 Å². The molecule has 1 aliphatic rings. The maximum atomic E-state index is 11.6. The fraction of sp³-hybridized carbons (Fsp3) is 0.316. The Morgan fingerprint density at radius 3 is 2.43 bits per heavy atom. The van der Waals surface area contributed by atoms with Crippen LogP contribution in [0.5, 0.6) is 0 Å². The summed E-state index contributed by atoms with van der Waals surface area (Å²) >= 11 is 3.48. The number of carbonyl (C=O) groups excluding carboxylic acids is 1. The predicted octanol–water partition coefficient (Wildman–Crippen LogP) is 5.25. The SMILES string of the molecule is CC(=O)OC1c2ccccc2NC(c2ccc(Br)cc2)C1(C)C. The second-order valence-electron chi connectivity index (χ2n) is 6.53.